The second kappa shape index (κ2) is 9.43. The third-order valence-corrected chi connectivity index (χ3v) is 5.40. The summed E-state index contributed by atoms with van der Waals surface area (Å²) >= 11 is 1.65. The predicted molar refractivity (Wildman–Crippen MR) is 106 cm³/mol. The highest BCUT2D eigenvalue weighted by molar-refractivity contribution is 7.09. The molecule has 5 heteroatoms. The number of benzene rings is 1. The van der Waals surface area contributed by atoms with Crippen LogP contribution in [0.5, 0.6) is 5.75 Å². The molecule has 26 heavy (non-hydrogen) atoms. The largest absolute Gasteiger partial charge is 0.490 e. The monoisotopic (exact) mass is 370 g/mol. The molecule has 1 fully saturated rings. The maximum absolute atomic E-state index is 12.5. The molecule has 0 aliphatic heterocycles. The molecular weight excluding hydrogens is 344 g/mol. The van der Waals surface area contributed by atoms with Gasteiger partial charge in [0.25, 0.3) is 0 Å². The Morgan fingerprint density at radius 3 is 2.69 bits per heavy atom. The van der Waals surface area contributed by atoms with Crippen LogP contribution >= 0.6 is 11.3 Å². The van der Waals surface area contributed by atoms with Crippen LogP contribution < -0.4 is 10.1 Å². The van der Waals surface area contributed by atoms with Crippen molar-refractivity contribution in [1.29, 1.82) is 0 Å². The lowest BCUT2D eigenvalue weighted by molar-refractivity contribution is 0.201. The van der Waals surface area contributed by atoms with Gasteiger partial charge in [0.15, 0.2) is 0 Å². The number of rotatable bonds is 8. The van der Waals surface area contributed by atoms with Gasteiger partial charge in [-0.15, -0.1) is 17.9 Å². The fourth-order valence-electron chi connectivity index (χ4n) is 3.14. The Bertz CT molecular complexity index is 691. The van der Waals surface area contributed by atoms with E-state index >= 15 is 0 Å². The minimum absolute atomic E-state index is 0.0791. The number of carbonyl (C=O) groups excluding carboxylic acids is 1. The van der Waals surface area contributed by atoms with Gasteiger partial charge in [0.2, 0.25) is 0 Å². The van der Waals surface area contributed by atoms with E-state index < -0.39 is 0 Å². The molecule has 1 N–H and O–H groups in total. The number of ether oxygens (including phenoxy) is 1. The van der Waals surface area contributed by atoms with Crippen LogP contribution in [0.15, 0.2) is 54.4 Å². The molecule has 0 bridgehead atoms. The van der Waals surface area contributed by atoms with Gasteiger partial charge in [0, 0.05) is 18.0 Å². The highest BCUT2D eigenvalue weighted by Crippen LogP contribution is 2.24. The molecule has 1 aromatic heterocycles. The summed E-state index contributed by atoms with van der Waals surface area (Å²) in [5.74, 6) is 0.915. The molecule has 1 heterocycles. The third-order valence-electron chi connectivity index (χ3n) is 4.54. The number of nitrogens with one attached hydrogen (secondary N) is 1. The van der Waals surface area contributed by atoms with E-state index in [-0.39, 0.29) is 6.03 Å². The number of urea groups is 1. The van der Waals surface area contributed by atoms with E-state index in [1.165, 1.54) is 12.8 Å². The summed E-state index contributed by atoms with van der Waals surface area (Å²) in [6, 6.07) is 12.0. The van der Waals surface area contributed by atoms with Gasteiger partial charge in [-0.25, -0.2) is 4.79 Å². The molecule has 138 valence electrons. The molecule has 0 radical (unpaired) electrons. The van der Waals surface area contributed by atoms with Crippen LogP contribution in [0.3, 0.4) is 0 Å². The molecular formula is C21H26N2O2S. The number of amides is 2. The van der Waals surface area contributed by atoms with Crippen LogP contribution in [0.2, 0.25) is 0 Å². The van der Waals surface area contributed by atoms with Crippen molar-refractivity contribution in [2.75, 3.05) is 6.54 Å². The van der Waals surface area contributed by atoms with Gasteiger partial charge in [-0.05, 0) is 54.8 Å². The summed E-state index contributed by atoms with van der Waals surface area (Å²) in [4.78, 5) is 15.4. The standard InChI is InChI=1S/C21H26N2O2S/c1-2-13-23(16-20-8-5-14-26-20)21(24)22-15-17-9-11-19(12-10-17)25-18-6-3-4-7-18/h2,5,8-12,14,18H,1,3-4,6-7,13,15-16H2,(H,22,24). The van der Waals surface area contributed by atoms with Gasteiger partial charge in [-0.1, -0.05) is 24.3 Å². The zero-order valence-electron chi connectivity index (χ0n) is 15.0. The molecule has 0 spiro atoms. The van der Waals surface area contributed by atoms with Crippen LogP contribution in [0, 0.1) is 0 Å². The lowest BCUT2D eigenvalue weighted by Crippen LogP contribution is -2.39. The highest BCUT2D eigenvalue weighted by Gasteiger charge is 2.16. The van der Waals surface area contributed by atoms with Gasteiger partial charge >= 0.3 is 6.03 Å². The van der Waals surface area contributed by atoms with Gasteiger partial charge in [-0.3, -0.25) is 0 Å². The molecule has 0 saturated heterocycles. The quantitative estimate of drug-likeness (QED) is 0.667. The fraction of sp³-hybridized carbons (Fsp3) is 0.381. The van der Waals surface area contributed by atoms with E-state index in [0.29, 0.717) is 25.7 Å². The highest BCUT2D eigenvalue weighted by atomic mass is 32.1. The number of thiophene rings is 1. The third kappa shape index (κ3) is 5.36. The smallest absolute Gasteiger partial charge is 0.318 e. The maximum atomic E-state index is 12.5. The second-order valence-electron chi connectivity index (χ2n) is 6.58. The van der Waals surface area contributed by atoms with Crippen LogP contribution in [0.25, 0.3) is 0 Å². The average molecular weight is 371 g/mol. The lowest BCUT2D eigenvalue weighted by Gasteiger charge is -2.21. The Balaban J connectivity index is 1.49. The normalized spacial score (nSPS) is 14.2. The first kappa shape index (κ1) is 18.5. The van der Waals surface area contributed by atoms with Crippen LogP contribution in [0.1, 0.15) is 36.1 Å². The molecule has 1 aliphatic carbocycles. The van der Waals surface area contributed by atoms with Crippen molar-refractivity contribution in [2.45, 2.75) is 44.9 Å². The second-order valence-corrected chi connectivity index (χ2v) is 7.61. The van der Waals surface area contributed by atoms with E-state index in [4.69, 9.17) is 4.74 Å². The molecule has 1 aromatic carbocycles. The number of hydrogen-bond donors (Lipinski definition) is 1. The van der Waals surface area contributed by atoms with Crippen molar-refractivity contribution >= 4 is 17.4 Å². The average Bonchev–Trinajstić information content (AvgIpc) is 3.34. The predicted octanol–water partition coefficient (Wildman–Crippen LogP) is 4.97. The zero-order chi connectivity index (χ0) is 18.2. The minimum Gasteiger partial charge on any atom is -0.490 e. The summed E-state index contributed by atoms with van der Waals surface area (Å²) in [7, 11) is 0. The van der Waals surface area contributed by atoms with Gasteiger partial charge in [-0.2, -0.15) is 0 Å². The van der Waals surface area contributed by atoms with Crippen molar-refractivity contribution in [2.24, 2.45) is 0 Å². The Morgan fingerprint density at radius 1 is 1.27 bits per heavy atom. The Morgan fingerprint density at radius 2 is 2.04 bits per heavy atom. The van der Waals surface area contributed by atoms with Crippen LogP contribution in [0.4, 0.5) is 4.79 Å². The molecule has 3 rings (SSSR count). The Kier molecular flexibility index (Phi) is 6.72. The number of carbonyl (C=O) groups is 1. The molecule has 1 aliphatic rings. The number of hydrogen-bond acceptors (Lipinski definition) is 3. The Hall–Kier alpha value is -2.27. The molecule has 0 unspecified atom stereocenters. The van der Waals surface area contributed by atoms with Crippen molar-refractivity contribution in [3.63, 3.8) is 0 Å². The van der Waals surface area contributed by atoms with Crippen molar-refractivity contribution in [3.8, 4) is 5.75 Å². The maximum Gasteiger partial charge on any atom is 0.318 e. The molecule has 2 amide bonds. The van der Waals surface area contributed by atoms with Crippen molar-refractivity contribution in [3.05, 3.63) is 64.9 Å². The first-order chi connectivity index (χ1) is 12.7. The van der Waals surface area contributed by atoms with Gasteiger partial charge in [0.05, 0.1) is 12.6 Å². The molecule has 1 saturated carbocycles. The van der Waals surface area contributed by atoms with E-state index in [1.807, 2.05) is 41.8 Å². The summed E-state index contributed by atoms with van der Waals surface area (Å²) in [6.07, 6.45) is 6.96. The lowest BCUT2D eigenvalue weighted by atomic mass is 10.2. The van der Waals surface area contributed by atoms with Crippen LogP contribution in [-0.4, -0.2) is 23.6 Å². The van der Waals surface area contributed by atoms with Crippen molar-refractivity contribution < 1.29 is 9.53 Å². The number of nitrogens with zero attached hydrogens (tertiary/aromatic N) is 1. The first-order valence-corrected chi connectivity index (χ1v) is 10.0. The van der Waals surface area contributed by atoms with E-state index in [2.05, 4.69) is 11.9 Å². The summed E-state index contributed by atoms with van der Waals surface area (Å²) < 4.78 is 5.98. The summed E-state index contributed by atoms with van der Waals surface area (Å²) in [6.45, 7) is 5.38. The van der Waals surface area contributed by atoms with Gasteiger partial charge in [0.1, 0.15) is 5.75 Å². The molecule has 4 nitrogen and oxygen atoms in total. The van der Waals surface area contributed by atoms with Crippen LogP contribution in [-0.2, 0) is 13.1 Å². The van der Waals surface area contributed by atoms with Gasteiger partial charge < -0.3 is 15.0 Å². The molecule has 2 aromatic rings. The minimum atomic E-state index is -0.0791. The molecule has 0 atom stereocenters. The zero-order valence-corrected chi connectivity index (χ0v) is 15.8. The SMILES string of the molecule is C=CCN(Cc1cccs1)C(=O)NCc1ccc(OC2CCCC2)cc1. The summed E-state index contributed by atoms with van der Waals surface area (Å²) in [5, 5.41) is 5.01. The summed E-state index contributed by atoms with van der Waals surface area (Å²) in [5.41, 5.74) is 1.06. The first-order valence-electron chi connectivity index (χ1n) is 9.16. The van der Waals surface area contributed by atoms with E-state index in [0.717, 1.165) is 29.0 Å². The van der Waals surface area contributed by atoms with E-state index in [9.17, 15) is 4.79 Å². The Labute approximate surface area is 159 Å². The fourth-order valence-corrected chi connectivity index (χ4v) is 3.86. The van der Waals surface area contributed by atoms with Crippen molar-refractivity contribution in [1.82, 2.24) is 10.2 Å². The van der Waals surface area contributed by atoms with E-state index in [1.54, 1.807) is 22.3 Å². The topological polar surface area (TPSA) is 41.6 Å².